The van der Waals surface area contributed by atoms with Gasteiger partial charge in [0, 0.05) is 107 Å². The molecule has 464 valence electrons. The molecule has 6 fully saturated rings. The number of carbonyl (C=O) groups is 1. The number of aromatic nitrogens is 3. The van der Waals surface area contributed by atoms with Crippen molar-refractivity contribution >= 4 is 72.6 Å². The number of pyridine rings is 2. The monoisotopic (exact) mass is 1230 g/mol. The summed E-state index contributed by atoms with van der Waals surface area (Å²) >= 11 is 1.81. The third-order valence-corrected chi connectivity index (χ3v) is 22.4. The maximum Gasteiger partial charge on any atom is 0.293 e. The van der Waals surface area contributed by atoms with Crippen molar-refractivity contribution in [1.29, 1.82) is 0 Å². The van der Waals surface area contributed by atoms with Gasteiger partial charge < -0.3 is 49.1 Å². The van der Waals surface area contributed by atoms with Gasteiger partial charge in [0.1, 0.15) is 23.1 Å². The summed E-state index contributed by atoms with van der Waals surface area (Å²) in [6.07, 6.45) is 9.83. The number of aliphatic hydroxyl groups is 1. The number of benzene rings is 2. The van der Waals surface area contributed by atoms with E-state index in [1.165, 1.54) is 23.3 Å². The number of sulfonamides is 1. The average Bonchev–Trinajstić information content (AvgIpc) is 1.19. The van der Waals surface area contributed by atoms with Crippen LogP contribution in [0, 0.1) is 27.4 Å². The second-order valence-electron chi connectivity index (χ2n) is 25.9. The molecule has 2 unspecified atom stereocenters. The number of methoxy groups -OCH3 is 1. The van der Waals surface area contributed by atoms with Gasteiger partial charge in [0.2, 0.25) is 5.88 Å². The normalized spacial score (nSPS) is 26.0. The van der Waals surface area contributed by atoms with E-state index in [-0.39, 0.29) is 34.7 Å². The molecule has 5 atom stereocenters. The number of nitro groups is 1. The van der Waals surface area contributed by atoms with Crippen LogP contribution in [0.4, 0.5) is 34.3 Å². The maximum absolute atomic E-state index is 14.9. The lowest BCUT2D eigenvalue weighted by atomic mass is 9.53. The number of ether oxygens (including phenoxy) is 4. The van der Waals surface area contributed by atoms with Gasteiger partial charge in [-0.25, -0.2) is 18.1 Å². The molecule has 2 saturated carbocycles. The van der Waals surface area contributed by atoms with Crippen LogP contribution in [0.25, 0.3) is 11.0 Å². The van der Waals surface area contributed by atoms with E-state index in [4.69, 9.17) is 28.9 Å². The van der Waals surface area contributed by atoms with Crippen molar-refractivity contribution in [2.24, 2.45) is 17.3 Å². The van der Waals surface area contributed by atoms with E-state index in [0.717, 1.165) is 119 Å². The number of nitro benzene ring substituents is 1. The first-order valence-corrected chi connectivity index (χ1v) is 33.5. The Balaban J connectivity index is 0.748. The van der Waals surface area contributed by atoms with Crippen LogP contribution in [-0.4, -0.2) is 159 Å². The fourth-order valence-electron chi connectivity index (χ4n) is 15.0. The molecule has 4 N–H and O–H groups in total. The summed E-state index contributed by atoms with van der Waals surface area (Å²) in [6.45, 7) is 18.3. The van der Waals surface area contributed by atoms with Crippen molar-refractivity contribution in [3.05, 3.63) is 110 Å². The van der Waals surface area contributed by atoms with Gasteiger partial charge in [0.05, 0.1) is 59.6 Å². The first-order chi connectivity index (χ1) is 41.9. The number of anilines is 5. The number of piperidine rings is 1. The third kappa shape index (κ3) is 11.7. The van der Waals surface area contributed by atoms with Crippen LogP contribution in [0.1, 0.15) is 118 Å². The molecule has 9 heterocycles. The van der Waals surface area contributed by atoms with Gasteiger partial charge in [0.25, 0.3) is 21.6 Å². The number of hydrogen-bond donors (Lipinski definition) is 4. The summed E-state index contributed by atoms with van der Waals surface area (Å²) in [5, 5.41) is 31.7. The minimum atomic E-state index is -4.65. The molecule has 2 aromatic carbocycles. The highest BCUT2D eigenvalue weighted by Gasteiger charge is 2.56. The number of piperazine rings is 1. The van der Waals surface area contributed by atoms with Crippen LogP contribution >= 0.6 is 11.3 Å². The molecule has 0 radical (unpaired) electrons. The Bertz CT molecular complexity index is 3630. The Hall–Kier alpha value is -6.60. The van der Waals surface area contributed by atoms with E-state index >= 15 is 0 Å². The van der Waals surface area contributed by atoms with Crippen LogP contribution in [0.3, 0.4) is 0 Å². The Kier molecular flexibility index (Phi) is 16.4. The summed E-state index contributed by atoms with van der Waals surface area (Å²) in [5.74, 6) is 2.22. The van der Waals surface area contributed by atoms with Crippen molar-refractivity contribution in [2.75, 3.05) is 106 Å². The smallest absolute Gasteiger partial charge is 0.293 e. The lowest BCUT2D eigenvalue weighted by Crippen LogP contribution is -2.64. The number of hydrogen-bond acceptors (Lipinski definition) is 19. The predicted octanol–water partition coefficient (Wildman–Crippen LogP) is 9.61. The molecule has 1 spiro atoms. The molecule has 4 saturated heterocycles. The lowest BCUT2D eigenvalue weighted by molar-refractivity contribution is -0.384. The number of morpholine rings is 1. The summed E-state index contributed by atoms with van der Waals surface area (Å²) in [6, 6.07) is 15.8. The molecular weight excluding hydrogens is 1150 g/mol. The first kappa shape index (κ1) is 59.4. The topological polar surface area (TPSA) is 233 Å². The number of H-pyrrole nitrogens is 1. The Morgan fingerprint density at radius 1 is 0.943 bits per heavy atom. The van der Waals surface area contributed by atoms with Crippen LogP contribution < -0.4 is 34.2 Å². The highest BCUT2D eigenvalue weighted by Crippen LogP contribution is 2.58. The third-order valence-electron chi connectivity index (χ3n) is 20.3. The molecule has 2 aliphatic carbocycles. The van der Waals surface area contributed by atoms with Crippen LogP contribution in [0.5, 0.6) is 11.6 Å². The van der Waals surface area contributed by atoms with Crippen molar-refractivity contribution in [2.45, 2.75) is 126 Å². The second kappa shape index (κ2) is 24.1. The summed E-state index contributed by atoms with van der Waals surface area (Å²) in [4.78, 5) is 51.5. The van der Waals surface area contributed by atoms with Gasteiger partial charge >= 0.3 is 0 Å². The SMILES string of the molecule is COc1cc(CN2CCN(C3CC4(CCN(c5ccc(C(=O)NS(=O)(=O)c6ccc(NC[C@H]7CC[C@](C)(O)CC7)c([N+](=O)[O-])c6)c(N6c7cc8cc[nH]c8nc7O[C@H]7COCC[C@@H]76)c5)CC4)C3C)[C@H](c3cscc3C(C)C)C2)cnc1N1CCOCC1. The number of rotatable bonds is 16. The van der Waals surface area contributed by atoms with Gasteiger partial charge in [-0.2, -0.15) is 16.3 Å². The minimum Gasteiger partial charge on any atom is -0.493 e. The lowest BCUT2D eigenvalue weighted by Gasteiger charge is -2.62. The van der Waals surface area contributed by atoms with Crippen LogP contribution in [-0.2, 0) is 26.0 Å². The van der Waals surface area contributed by atoms with E-state index in [9.17, 15) is 28.4 Å². The van der Waals surface area contributed by atoms with Crippen molar-refractivity contribution in [1.82, 2.24) is 29.5 Å². The van der Waals surface area contributed by atoms with Gasteiger partial charge in [-0.1, -0.05) is 20.8 Å². The van der Waals surface area contributed by atoms with Crippen molar-refractivity contribution < 1.29 is 42.2 Å². The van der Waals surface area contributed by atoms with Gasteiger partial charge in [-0.05, 0) is 157 Å². The molecule has 21 nitrogen and oxygen atoms in total. The Morgan fingerprint density at radius 3 is 2.51 bits per heavy atom. The quantitative estimate of drug-likeness (QED) is 0.0522. The summed E-state index contributed by atoms with van der Waals surface area (Å²) < 4.78 is 55.1. The Morgan fingerprint density at radius 2 is 1.75 bits per heavy atom. The van der Waals surface area contributed by atoms with E-state index in [0.29, 0.717) is 93.0 Å². The number of amides is 1. The van der Waals surface area contributed by atoms with Crippen molar-refractivity contribution in [3.8, 4) is 11.6 Å². The Labute approximate surface area is 512 Å². The largest absolute Gasteiger partial charge is 0.493 e. The molecular formula is C64H81N11O10S2. The number of nitrogens with zero attached hydrogens (tertiary/aromatic N) is 8. The zero-order chi connectivity index (χ0) is 60.4. The molecule has 6 aromatic rings. The zero-order valence-corrected chi connectivity index (χ0v) is 52.0. The van der Waals surface area contributed by atoms with Gasteiger partial charge in [-0.3, -0.25) is 24.7 Å². The standard InChI is InChI=1S/C64H81N11O10S2/c1-40(2)48-38-86-39-49(48)56-36-70(35-43-28-57(82-5)60(67-34-43)72-23-26-83-27-24-72)21-22-73(56)55-32-64(41(55)3)16-19-71(20-17-64)45-6-8-47(52(30-45)74-51-13-25-84-37-58(51)85-62-54(74)29-44-12-18-65-59(44)68-62)61(76)69-87(80,81)46-7-9-50(53(31-46)75(78)79)66-33-42-10-14-63(4,77)15-11-42/h6-9,12,18,28-31,34,38-42,51,55-56,58,66,77H,10-11,13-17,19-27,32-33,35-37H2,1-5H3,(H,65,68)(H,69,76)/t41?,42-,51-,55?,56-,58-,63-/m0/s1. The highest BCUT2D eigenvalue weighted by molar-refractivity contribution is 7.90. The molecule has 13 rings (SSSR count). The molecule has 7 aliphatic rings. The fraction of sp³-hybridized carbons (Fsp3) is 0.547. The van der Waals surface area contributed by atoms with Crippen LogP contribution in [0.2, 0.25) is 0 Å². The maximum atomic E-state index is 14.9. The number of fused-ring (bicyclic) bond motifs is 3. The molecule has 0 bridgehead atoms. The number of nitrogens with one attached hydrogen (secondary N) is 3. The predicted molar refractivity (Wildman–Crippen MR) is 336 cm³/mol. The molecule has 1 amide bonds. The second-order valence-corrected chi connectivity index (χ2v) is 28.3. The van der Waals surface area contributed by atoms with E-state index in [1.54, 1.807) is 13.2 Å². The molecule has 87 heavy (non-hydrogen) atoms. The number of carbonyl (C=O) groups excluding carboxylic acids is 1. The van der Waals surface area contributed by atoms with Crippen molar-refractivity contribution in [3.63, 3.8) is 0 Å². The van der Waals surface area contributed by atoms with E-state index in [1.807, 2.05) is 54.9 Å². The summed E-state index contributed by atoms with van der Waals surface area (Å²) in [7, 11) is -2.92. The van der Waals surface area contributed by atoms with Gasteiger partial charge in [0.15, 0.2) is 11.6 Å². The fourth-order valence-corrected chi connectivity index (χ4v) is 17.1. The molecule has 4 aromatic heterocycles. The molecule has 5 aliphatic heterocycles. The summed E-state index contributed by atoms with van der Waals surface area (Å²) in [5.41, 5.74) is 6.00. The van der Waals surface area contributed by atoms with Crippen LogP contribution in [0.15, 0.2) is 82.6 Å². The minimum absolute atomic E-state index is 0.108. The first-order valence-electron chi connectivity index (χ1n) is 31.1. The van der Waals surface area contributed by atoms with E-state index in [2.05, 4.69) is 77.1 Å². The number of aromatic amines is 1. The van der Waals surface area contributed by atoms with E-state index < -0.39 is 43.1 Å². The average molecular weight is 1230 g/mol. The molecule has 23 heteroatoms. The van der Waals surface area contributed by atoms with Gasteiger partial charge in [-0.15, -0.1) is 0 Å². The zero-order valence-electron chi connectivity index (χ0n) is 50.4. The number of thiophene rings is 1. The highest BCUT2D eigenvalue weighted by atomic mass is 32.2.